The van der Waals surface area contributed by atoms with Crippen LogP contribution in [-0.4, -0.2) is 30.2 Å². The van der Waals surface area contributed by atoms with E-state index >= 15 is 0 Å². The van der Waals surface area contributed by atoms with E-state index in [1.54, 1.807) is 6.07 Å². The fourth-order valence-corrected chi connectivity index (χ4v) is 18.5. The number of fused-ring (bicyclic) bond motifs is 2. The topological polar surface area (TPSA) is 34.1 Å². The Balaban J connectivity index is 2.06. The molecular weight excluding hydrogens is 549 g/mol. The van der Waals surface area contributed by atoms with Gasteiger partial charge < -0.3 is 0 Å². The Bertz CT molecular complexity index is 1120. The molecule has 0 N–H and O–H groups in total. The summed E-state index contributed by atoms with van der Waals surface area (Å²) in [5, 5.41) is 0. The normalized spacial score (nSPS) is 15.9. The fourth-order valence-electron chi connectivity index (χ4n) is 3.48. The van der Waals surface area contributed by atoms with Gasteiger partial charge in [-0.15, -0.1) is 0 Å². The van der Waals surface area contributed by atoms with Crippen molar-refractivity contribution in [3.8, 4) is 0 Å². The minimum atomic E-state index is -3.46. The van der Waals surface area contributed by atoms with Crippen LogP contribution in [0.1, 0.15) is 31.9 Å². The van der Waals surface area contributed by atoms with Crippen molar-refractivity contribution >= 4 is 41.4 Å². The van der Waals surface area contributed by atoms with Gasteiger partial charge >= 0.3 is 171 Å². The van der Waals surface area contributed by atoms with Crippen molar-refractivity contribution in [2.75, 3.05) is 0 Å². The molecule has 0 unspecified atom stereocenters. The second-order valence-corrected chi connectivity index (χ2v) is 18.3. The van der Waals surface area contributed by atoms with Crippen molar-refractivity contribution in [1.82, 2.24) is 0 Å². The molecule has 3 aromatic carbocycles. The second kappa shape index (κ2) is 6.53. The summed E-state index contributed by atoms with van der Waals surface area (Å²) in [6, 6.07) is 22.3. The number of rotatable bonds is 1. The standard InChI is InChI=1S/C16H16O2S.C7H7.Bi/c1-16(2,3)13-9-11-15(12-10-13)19(17,18)14-7-5-4-6-8-14;1-7-5-3-2-4-6-7;/h4-7,9-11H,1-3H3;3-6H,1H3;. The Kier molecular flexibility index (Phi) is 4.56. The molecule has 4 rings (SSSR count). The Morgan fingerprint density at radius 2 is 1.41 bits per heavy atom. The van der Waals surface area contributed by atoms with Crippen LogP contribution in [-0.2, 0) is 15.3 Å². The van der Waals surface area contributed by atoms with Crippen LogP contribution in [0.3, 0.4) is 0 Å². The van der Waals surface area contributed by atoms with Gasteiger partial charge in [0.25, 0.3) is 0 Å². The second-order valence-electron chi connectivity index (χ2n) is 8.07. The summed E-state index contributed by atoms with van der Waals surface area (Å²) in [5.41, 5.74) is 2.41. The molecule has 0 saturated carbocycles. The van der Waals surface area contributed by atoms with E-state index in [0.717, 1.165) is 6.54 Å². The van der Waals surface area contributed by atoms with E-state index in [9.17, 15) is 8.42 Å². The van der Waals surface area contributed by atoms with Crippen molar-refractivity contribution in [3.05, 3.63) is 77.9 Å². The Labute approximate surface area is 169 Å². The molecule has 0 aliphatic carbocycles. The zero-order valence-corrected chi connectivity index (χ0v) is 20.3. The predicted octanol–water partition coefficient (Wildman–Crippen LogP) is 2.95. The summed E-state index contributed by atoms with van der Waals surface area (Å²) in [6.07, 6.45) is 0. The van der Waals surface area contributed by atoms with Crippen LogP contribution in [0.15, 0.2) is 76.5 Å². The summed E-state index contributed by atoms with van der Waals surface area (Å²) in [4.78, 5) is 1.03. The quantitative estimate of drug-likeness (QED) is 0.329. The van der Waals surface area contributed by atoms with Crippen molar-refractivity contribution in [2.24, 2.45) is 0 Å². The molecule has 0 fully saturated rings. The third-order valence-corrected chi connectivity index (χ3v) is 18.0. The van der Waals surface area contributed by atoms with E-state index in [4.69, 9.17) is 0 Å². The molecule has 0 atom stereocenters. The van der Waals surface area contributed by atoms with Crippen molar-refractivity contribution in [1.29, 1.82) is 0 Å². The molecule has 0 bridgehead atoms. The molecule has 0 amide bonds. The van der Waals surface area contributed by atoms with Gasteiger partial charge in [-0.2, -0.15) is 0 Å². The number of sulfone groups is 1. The molecule has 138 valence electrons. The van der Waals surface area contributed by atoms with E-state index in [1.807, 2.05) is 30.3 Å². The van der Waals surface area contributed by atoms with Gasteiger partial charge in [-0.05, 0) is 0 Å². The molecule has 0 radical (unpaired) electrons. The number of benzene rings is 3. The van der Waals surface area contributed by atoms with Crippen LogP contribution in [0.25, 0.3) is 0 Å². The van der Waals surface area contributed by atoms with Crippen molar-refractivity contribution in [2.45, 2.75) is 42.9 Å². The third kappa shape index (κ3) is 3.17. The van der Waals surface area contributed by atoms with E-state index in [1.165, 1.54) is 14.4 Å². The molecule has 0 aromatic heterocycles. The fraction of sp³-hybridized carbons (Fsp3) is 0.217. The van der Waals surface area contributed by atoms with Crippen LogP contribution in [0.4, 0.5) is 0 Å². The summed E-state index contributed by atoms with van der Waals surface area (Å²) >= 11 is -2.69. The van der Waals surface area contributed by atoms with E-state index in [0.29, 0.717) is 9.79 Å². The van der Waals surface area contributed by atoms with Gasteiger partial charge in [0.15, 0.2) is 0 Å². The third-order valence-electron chi connectivity index (χ3n) is 5.04. The first-order valence-electron chi connectivity index (χ1n) is 9.05. The monoisotopic (exact) mass is 572 g/mol. The van der Waals surface area contributed by atoms with Crippen molar-refractivity contribution < 1.29 is 8.42 Å². The van der Waals surface area contributed by atoms with Gasteiger partial charge in [0.05, 0.1) is 0 Å². The molecule has 1 aliphatic heterocycles. The first kappa shape index (κ1) is 18.8. The average Bonchev–Trinajstić information content (AvgIpc) is 2.62. The van der Waals surface area contributed by atoms with Gasteiger partial charge in [0, 0.05) is 0 Å². The maximum atomic E-state index is 13.3. The summed E-state index contributed by atoms with van der Waals surface area (Å²) in [7, 11) is -3.46. The van der Waals surface area contributed by atoms with Crippen LogP contribution in [0.5, 0.6) is 0 Å². The summed E-state index contributed by atoms with van der Waals surface area (Å²) in [5.74, 6) is 0. The minimum absolute atomic E-state index is 0.0154. The first-order chi connectivity index (χ1) is 12.7. The molecule has 3 aromatic rings. The molecule has 27 heavy (non-hydrogen) atoms. The number of hydrogen-bond acceptors (Lipinski definition) is 2. The Morgan fingerprint density at radius 1 is 0.778 bits per heavy atom. The zero-order valence-electron chi connectivity index (χ0n) is 16.0. The van der Waals surface area contributed by atoms with Gasteiger partial charge in [0.1, 0.15) is 0 Å². The molecule has 0 spiro atoms. The molecule has 1 heterocycles. The molecule has 0 saturated heterocycles. The van der Waals surface area contributed by atoms with Gasteiger partial charge in [-0.25, -0.2) is 0 Å². The molecular formula is C23H23BiO2S. The molecule has 1 aliphatic rings. The zero-order chi connectivity index (χ0) is 19.4. The maximum absolute atomic E-state index is 13.3. The predicted molar refractivity (Wildman–Crippen MR) is 113 cm³/mol. The molecule has 4 heteroatoms. The summed E-state index contributed by atoms with van der Waals surface area (Å²) < 4.78 is 30.1. The number of aryl methyl sites for hydroxylation is 1. The average molecular weight is 572 g/mol. The van der Waals surface area contributed by atoms with E-state index in [-0.39, 0.29) is 5.41 Å². The van der Waals surface area contributed by atoms with Gasteiger partial charge in [-0.1, -0.05) is 0 Å². The SMILES string of the molecule is Cc1cc[c]([Bi]2[c]3ccccc3S(=O)(=O)c3ccc(C(C)(C)C)c[c]32)cc1. The van der Waals surface area contributed by atoms with E-state index in [2.05, 4.69) is 58.0 Å². The van der Waals surface area contributed by atoms with Gasteiger partial charge in [-0.3, -0.25) is 0 Å². The van der Waals surface area contributed by atoms with E-state index < -0.39 is 31.6 Å². The van der Waals surface area contributed by atoms with Crippen LogP contribution in [0.2, 0.25) is 0 Å². The summed E-state index contributed by atoms with van der Waals surface area (Å²) in [6.45, 7) is 8.62. The van der Waals surface area contributed by atoms with Crippen LogP contribution < -0.4 is 9.81 Å². The van der Waals surface area contributed by atoms with Crippen molar-refractivity contribution in [3.63, 3.8) is 0 Å². The van der Waals surface area contributed by atoms with Crippen LogP contribution >= 0.6 is 0 Å². The van der Waals surface area contributed by atoms with Crippen LogP contribution in [0, 0.1) is 6.92 Å². The number of hydrogen-bond donors (Lipinski definition) is 0. The first-order valence-corrected chi connectivity index (χ1v) is 15.7. The molecule has 2 nitrogen and oxygen atoms in total. The Morgan fingerprint density at radius 3 is 2.07 bits per heavy atom. The Hall–Kier alpha value is -1.51. The van der Waals surface area contributed by atoms with Gasteiger partial charge in [0.2, 0.25) is 0 Å².